The number of hydrogen-bond acceptors (Lipinski definition) is 3. The summed E-state index contributed by atoms with van der Waals surface area (Å²) in [6.07, 6.45) is 7.53. The molecule has 0 saturated carbocycles. The Bertz CT molecular complexity index is 1040. The minimum absolute atomic E-state index is 0.479. The Kier molecular flexibility index (Phi) is 7.45. The van der Waals surface area contributed by atoms with Crippen molar-refractivity contribution in [1.29, 1.82) is 0 Å². The lowest BCUT2D eigenvalue weighted by molar-refractivity contribution is -0.131. The van der Waals surface area contributed by atoms with E-state index in [1.165, 1.54) is 0 Å². The van der Waals surface area contributed by atoms with Crippen molar-refractivity contribution in [1.82, 2.24) is 0 Å². The summed E-state index contributed by atoms with van der Waals surface area (Å²) in [5.41, 5.74) is 4.05. The molecule has 0 radical (unpaired) electrons. The summed E-state index contributed by atoms with van der Waals surface area (Å²) in [5, 5.41) is 8.84. The van der Waals surface area contributed by atoms with Crippen molar-refractivity contribution in [3.8, 4) is 11.5 Å². The Morgan fingerprint density at radius 3 is 2.47 bits per heavy atom. The fourth-order valence-electron chi connectivity index (χ4n) is 3.01. The molecule has 0 aliphatic carbocycles. The van der Waals surface area contributed by atoms with E-state index >= 15 is 0 Å². The van der Waals surface area contributed by atoms with Gasteiger partial charge in [0, 0.05) is 6.08 Å². The number of carbonyl (C=O) groups is 1. The normalized spacial score (nSPS) is 11.1. The van der Waals surface area contributed by atoms with Crippen molar-refractivity contribution < 1.29 is 19.4 Å². The molecule has 0 bridgehead atoms. The first-order valence-electron chi connectivity index (χ1n) is 9.66. The molecule has 1 N–H and O–H groups in total. The van der Waals surface area contributed by atoms with Gasteiger partial charge in [0.2, 0.25) is 0 Å². The third-order valence-corrected chi connectivity index (χ3v) is 4.53. The fraction of sp³-hybridized carbons (Fsp3) is 0.115. The molecule has 0 fully saturated rings. The lowest BCUT2D eigenvalue weighted by Crippen LogP contribution is -1.97. The molecule has 0 saturated heterocycles. The Balaban J connectivity index is 1.67. The summed E-state index contributed by atoms with van der Waals surface area (Å²) in [6, 6.07) is 23.6. The molecular formula is C26H24O4. The van der Waals surface area contributed by atoms with Gasteiger partial charge in [0.05, 0.1) is 7.11 Å². The summed E-state index contributed by atoms with van der Waals surface area (Å²) in [7, 11) is 1.63. The summed E-state index contributed by atoms with van der Waals surface area (Å²) in [5.74, 6) is 0.419. The van der Waals surface area contributed by atoms with Gasteiger partial charge in [0.1, 0.15) is 6.61 Å². The van der Waals surface area contributed by atoms with Gasteiger partial charge >= 0.3 is 5.97 Å². The Hall–Kier alpha value is -3.79. The molecule has 0 atom stereocenters. The standard InChI is InChI=1S/C26H24O4/c1-29-25-18-20(14-16-24(25)30-19-21-8-3-2-4-9-21)10-7-13-22-11-5-6-12-23(22)15-17-26(27)28/h2-12,14-18H,13,19H2,1H3,(H,27,28)/b10-7-,17-15+. The second-order valence-electron chi connectivity index (χ2n) is 6.66. The van der Waals surface area contributed by atoms with Crippen molar-refractivity contribution in [3.63, 3.8) is 0 Å². The van der Waals surface area contributed by atoms with E-state index in [0.717, 1.165) is 28.3 Å². The number of benzene rings is 3. The molecule has 4 nitrogen and oxygen atoms in total. The van der Waals surface area contributed by atoms with Crippen molar-refractivity contribution in [3.05, 3.63) is 107 Å². The van der Waals surface area contributed by atoms with E-state index in [1.807, 2.05) is 84.9 Å². The van der Waals surface area contributed by atoms with Gasteiger partial charge in [0.15, 0.2) is 11.5 Å². The first-order chi connectivity index (χ1) is 14.7. The minimum Gasteiger partial charge on any atom is -0.493 e. The van der Waals surface area contributed by atoms with Gasteiger partial charge in [-0.05, 0) is 46.9 Å². The second kappa shape index (κ2) is 10.7. The van der Waals surface area contributed by atoms with Crippen LogP contribution in [0.15, 0.2) is 84.9 Å². The lowest BCUT2D eigenvalue weighted by atomic mass is 10.0. The van der Waals surface area contributed by atoms with Crippen LogP contribution in [0, 0.1) is 0 Å². The van der Waals surface area contributed by atoms with E-state index in [-0.39, 0.29) is 0 Å². The molecule has 0 unspecified atom stereocenters. The molecular weight excluding hydrogens is 376 g/mol. The zero-order valence-electron chi connectivity index (χ0n) is 16.8. The summed E-state index contributed by atoms with van der Waals surface area (Å²) >= 11 is 0. The van der Waals surface area contributed by atoms with E-state index in [0.29, 0.717) is 24.5 Å². The van der Waals surface area contributed by atoms with E-state index in [1.54, 1.807) is 13.2 Å². The molecule has 30 heavy (non-hydrogen) atoms. The number of ether oxygens (including phenoxy) is 2. The van der Waals surface area contributed by atoms with E-state index in [2.05, 4.69) is 0 Å². The predicted molar refractivity (Wildman–Crippen MR) is 120 cm³/mol. The van der Waals surface area contributed by atoms with Gasteiger partial charge in [0.25, 0.3) is 0 Å². The van der Waals surface area contributed by atoms with Crippen LogP contribution in [-0.2, 0) is 17.8 Å². The van der Waals surface area contributed by atoms with Crippen LogP contribution in [0.2, 0.25) is 0 Å². The average Bonchev–Trinajstić information content (AvgIpc) is 2.78. The highest BCUT2D eigenvalue weighted by Crippen LogP contribution is 2.29. The van der Waals surface area contributed by atoms with Gasteiger partial charge in [-0.1, -0.05) is 72.8 Å². The second-order valence-corrected chi connectivity index (χ2v) is 6.66. The predicted octanol–water partition coefficient (Wildman–Crippen LogP) is 5.63. The number of methoxy groups -OCH3 is 1. The number of carboxylic acids is 1. The van der Waals surface area contributed by atoms with Crippen LogP contribution in [0.25, 0.3) is 12.2 Å². The Morgan fingerprint density at radius 2 is 1.70 bits per heavy atom. The minimum atomic E-state index is -0.956. The molecule has 3 aromatic carbocycles. The van der Waals surface area contributed by atoms with Crippen LogP contribution in [0.1, 0.15) is 22.3 Å². The van der Waals surface area contributed by atoms with Crippen LogP contribution >= 0.6 is 0 Å². The van der Waals surface area contributed by atoms with Crippen molar-refractivity contribution >= 4 is 18.1 Å². The number of rotatable bonds is 9. The highest BCUT2D eigenvalue weighted by atomic mass is 16.5. The zero-order valence-corrected chi connectivity index (χ0v) is 16.8. The van der Waals surface area contributed by atoms with Gasteiger partial charge < -0.3 is 14.6 Å². The molecule has 3 rings (SSSR count). The largest absolute Gasteiger partial charge is 0.493 e. The fourth-order valence-corrected chi connectivity index (χ4v) is 3.01. The van der Waals surface area contributed by atoms with E-state index in [9.17, 15) is 4.79 Å². The zero-order chi connectivity index (χ0) is 21.2. The van der Waals surface area contributed by atoms with Crippen LogP contribution in [0.3, 0.4) is 0 Å². The third kappa shape index (κ3) is 6.11. The number of aliphatic carboxylic acids is 1. The highest BCUT2D eigenvalue weighted by molar-refractivity contribution is 5.85. The number of hydrogen-bond donors (Lipinski definition) is 1. The molecule has 3 aromatic rings. The first-order valence-corrected chi connectivity index (χ1v) is 9.66. The van der Waals surface area contributed by atoms with Crippen LogP contribution in [0.5, 0.6) is 11.5 Å². The third-order valence-electron chi connectivity index (χ3n) is 4.53. The SMILES string of the molecule is COc1cc(/C=C\Cc2ccccc2/C=C/C(=O)O)ccc1OCc1ccccc1. The summed E-state index contributed by atoms with van der Waals surface area (Å²) < 4.78 is 11.4. The van der Waals surface area contributed by atoms with Crippen LogP contribution in [-0.4, -0.2) is 18.2 Å². The van der Waals surface area contributed by atoms with Crippen molar-refractivity contribution in [2.75, 3.05) is 7.11 Å². The molecule has 0 spiro atoms. The monoisotopic (exact) mass is 400 g/mol. The van der Waals surface area contributed by atoms with Crippen LogP contribution in [0.4, 0.5) is 0 Å². The van der Waals surface area contributed by atoms with Crippen molar-refractivity contribution in [2.24, 2.45) is 0 Å². The topological polar surface area (TPSA) is 55.8 Å². The summed E-state index contributed by atoms with van der Waals surface area (Å²) in [4.78, 5) is 10.8. The average molecular weight is 400 g/mol. The van der Waals surface area contributed by atoms with Gasteiger partial charge in [-0.25, -0.2) is 4.79 Å². The molecule has 0 amide bonds. The molecule has 152 valence electrons. The lowest BCUT2D eigenvalue weighted by Gasteiger charge is -2.11. The molecule has 0 aromatic heterocycles. The Morgan fingerprint density at radius 1 is 0.933 bits per heavy atom. The molecule has 0 heterocycles. The summed E-state index contributed by atoms with van der Waals surface area (Å²) in [6.45, 7) is 0.479. The number of allylic oxidation sites excluding steroid dienone is 1. The van der Waals surface area contributed by atoms with Gasteiger partial charge in [-0.15, -0.1) is 0 Å². The maximum absolute atomic E-state index is 10.8. The molecule has 0 aliphatic rings. The van der Waals surface area contributed by atoms with E-state index < -0.39 is 5.97 Å². The smallest absolute Gasteiger partial charge is 0.328 e. The van der Waals surface area contributed by atoms with Crippen LogP contribution < -0.4 is 9.47 Å². The van der Waals surface area contributed by atoms with E-state index in [4.69, 9.17) is 14.6 Å². The van der Waals surface area contributed by atoms with Crippen molar-refractivity contribution in [2.45, 2.75) is 13.0 Å². The maximum atomic E-state index is 10.8. The number of carboxylic acid groups (broad SMARTS) is 1. The first kappa shape index (κ1) is 20.9. The highest BCUT2D eigenvalue weighted by Gasteiger charge is 2.05. The van der Waals surface area contributed by atoms with Gasteiger partial charge in [-0.3, -0.25) is 0 Å². The molecule has 4 heteroatoms. The molecule has 0 aliphatic heterocycles. The van der Waals surface area contributed by atoms with Gasteiger partial charge in [-0.2, -0.15) is 0 Å². The quantitative estimate of drug-likeness (QED) is 0.473. The maximum Gasteiger partial charge on any atom is 0.328 e. The Labute approximate surface area is 176 Å².